The van der Waals surface area contributed by atoms with Crippen LogP contribution in [0.25, 0.3) is 0 Å². The molecule has 2 N–H and O–H groups in total. The molecule has 0 heterocycles. The van der Waals surface area contributed by atoms with Gasteiger partial charge in [0, 0.05) is 16.3 Å². The number of carbonyl (C=O) groups excluding carboxylic acids is 2. The molecular weight excluding hydrogens is 463 g/mol. The highest BCUT2D eigenvalue weighted by Gasteiger charge is 2.22. The standard InChI is InChI=1S/C28H23FN2O3S/c1-34-22-16-14-20(15-17-22)30-28(33)26(19-8-3-2-4-9-19)35-23-11-7-10-21(18-23)31-27(32)24-12-5-6-13-25(24)29/h2-18,26H,1H3,(H,30,33)(H,31,32). The van der Waals surface area contributed by atoms with Crippen molar-refractivity contribution >= 4 is 35.0 Å². The van der Waals surface area contributed by atoms with E-state index in [0.717, 1.165) is 10.5 Å². The van der Waals surface area contributed by atoms with Crippen molar-refractivity contribution in [2.75, 3.05) is 17.7 Å². The van der Waals surface area contributed by atoms with Gasteiger partial charge in [-0.15, -0.1) is 11.8 Å². The summed E-state index contributed by atoms with van der Waals surface area (Å²) in [5.74, 6) is -0.615. The summed E-state index contributed by atoms with van der Waals surface area (Å²) in [5.41, 5.74) is 1.96. The summed E-state index contributed by atoms with van der Waals surface area (Å²) >= 11 is 1.35. The van der Waals surface area contributed by atoms with Crippen LogP contribution in [0.15, 0.2) is 108 Å². The molecule has 4 aromatic rings. The van der Waals surface area contributed by atoms with E-state index < -0.39 is 17.0 Å². The molecule has 0 bridgehead atoms. The van der Waals surface area contributed by atoms with Crippen LogP contribution in [0.5, 0.6) is 5.75 Å². The molecule has 2 amide bonds. The molecule has 0 aliphatic rings. The summed E-state index contributed by atoms with van der Waals surface area (Å²) in [7, 11) is 1.59. The van der Waals surface area contributed by atoms with Crippen LogP contribution in [-0.4, -0.2) is 18.9 Å². The minimum absolute atomic E-state index is 0.0356. The van der Waals surface area contributed by atoms with E-state index in [2.05, 4.69) is 10.6 Å². The maximum Gasteiger partial charge on any atom is 0.258 e. The predicted molar refractivity (Wildman–Crippen MR) is 137 cm³/mol. The van der Waals surface area contributed by atoms with Crippen LogP contribution >= 0.6 is 11.8 Å². The summed E-state index contributed by atoms with van der Waals surface area (Å²) in [6.45, 7) is 0. The Hall–Kier alpha value is -4.10. The van der Waals surface area contributed by atoms with Crippen molar-refractivity contribution < 1.29 is 18.7 Å². The van der Waals surface area contributed by atoms with E-state index in [9.17, 15) is 14.0 Å². The molecule has 0 fully saturated rings. The van der Waals surface area contributed by atoms with Crippen LogP contribution in [0.4, 0.5) is 15.8 Å². The number of methoxy groups -OCH3 is 1. The summed E-state index contributed by atoms with van der Waals surface area (Å²) in [6, 6.07) is 29.5. The summed E-state index contributed by atoms with van der Waals surface area (Å²) in [5, 5.41) is 5.14. The van der Waals surface area contributed by atoms with Gasteiger partial charge >= 0.3 is 0 Å². The van der Waals surface area contributed by atoms with Gasteiger partial charge in [0.25, 0.3) is 5.91 Å². The Morgan fingerprint density at radius 1 is 0.800 bits per heavy atom. The van der Waals surface area contributed by atoms with E-state index in [1.165, 1.54) is 30.0 Å². The third-order valence-electron chi connectivity index (χ3n) is 5.16. The highest BCUT2D eigenvalue weighted by atomic mass is 32.2. The number of hydrogen-bond donors (Lipinski definition) is 2. The normalized spacial score (nSPS) is 11.4. The highest BCUT2D eigenvalue weighted by molar-refractivity contribution is 8.00. The van der Waals surface area contributed by atoms with E-state index in [4.69, 9.17) is 4.74 Å². The van der Waals surface area contributed by atoms with Gasteiger partial charge in [-0.2, -0.15) is 0 Å². The molecule has 7 heteroatoms. The first-order valence-corrected chi connectivity index (χ1v) is 11.7. The second-order valence-corrected chi connectivity index (χ2v) is 8.77. The molecule has 4 aromatic carbocycles. The van der Waals surface area contributed by atoms with Gasteiger partial charge in [0.15, 0.2) is 0 Å². The zero-order chi connectivity index (χ0) is 24.6. The van der Waals surface area contributed by atoms with E-state index >= 15 is 0 Å². The average molecular weight is 487 g/mol. The molecule has 0 saturated carbocycles. The van der Waals surface area contributed by atoms with Crippen molar-refractivity contribution in [1.29, 1.82) is 0 Å². The number of amides is 2. The number of hydrogen-bond acceptors (Lipinski definition) is 4. The molecule has 0 aliphatic heterocycles. The van der Waals surface area contributed by atoms with Crippen LogP contribution in [-0.2, 0) is 4.79 Å². The van der Waals surface area contributed by atoms with Crippen LogP contribution in [0.1, 0.15) is 21.2 Å². The first-order chi connectivity index (χ1) is 17.0. The van der Waals surface area contributed by atoms with Crippen molar-refractivity contribution in [3.63, 3.8) is 0 Å². The molecule has 4 rings (SSSR count). The predicted octanol–water partition coefficient (Wildman–Crippen LogP) is 6.56. The number of benzene rings is 4. The Kier molecular flexibility index (Phi) is 7.80. The maximum absolute atomic E-state index is 14.0. The molecule has 176 valence electrons. The lowest BCUT2D eigenvalue weighted by Gasteiger charge is -2.18. The molecule has 1 unspecified atom stereocenters. The van der Waals surface area contributed by atoms with Gasteiger partial charge < -0.3 is 15.4 Å². The number of halogens is 1. The van der Waals surface area contributed by atoms with E-state index in [1.54, 1.807) is 55.6 Å². The number of ether oxygens (including phenoxy) is 1. The van der Waals surface area contributed by atoms with Gasteiger partial charge in [-0.25, -0.2) is 4.39 Å². The summed E-state index contributed by atoms with van der Waals surface area (Å²) < 4.78 is 19.2. The van der Waals surface area contributed by atoms with Gasteiger partial charge in [0.1, 0.15) is 16.8 Å². The Balaban J connectivity index is 1.53. The van der Waals surface area contributed by atoms with Crippen LogP contribution in [0.2, 0.25) is 0 Å². The van der Waals surface area contributed by atoms with Gasteiger partial charge in [0.2, 0.25) is 5.91 Å². The lowest BCUT2D eigenvalue weighted by Crippen LogP contribution is -2.19. The third kappa shape index (κ3) is 6.28. The van der Waals surface area contributed by atoms with Gasteiger partial charge in [0.05, 0.1) is 12.7 Å². The third-order valence-corrected chi connectivity index (χ3v) is 6.41. The molecule has 35 heavy (non-hydrogen) atoms. The Bertz CT molecular complexity index is 1310. The van der Waals surface area contributed by atoms with Crippen LogP contribution in [0.3, 0.4) is 0 Å². The molecule has 0 saturated heterocycles. The van der Waals surface area contributed by atoms with Gasteiger partial charge in [-0.05, 0) is 60.2 Å². The second-order valence-electron chi connectivity index (χ2n) is 7.59. The fourth-order valence-corrected chi connectivity index (χ4v) is 4.49. The highest BCUT2D eigenvalue weighted by Crippen LogP contribution is 2.37. The Morgan fingerprint density at radius 3 is 2.23 bits per heavy atom. The minimum atomic E-state index is -0.588. The molecule has 5 nitrogen and oxygen atoms in total. The fourth-order valence-electron chi connectivity index (χ4n) is 3.41. The van der Waals surface area contributed by atoms with Gasteiger partial charge in [-0.1, -0.05) is 48.5 Å². The first-order valence-electron chi connectivity index (χ1n) is 10.9. The number of carbonyl (C=O) groups is 2. The lowest BCUT2D eigenvalue weighted by molar-refractivity contribution is -0.115. The van der Waals surface area contributed by atoms with E-state index in [1.807, 2.05) is 36.4 Å². The van der Waals surface area contributed by atoms with Crippen molar-refractivity contribution in [3.8, 4) is 5.75 Å². The van der Waals surface area contributed by atoms with Crippen molar-refractivity contribution in [3.05, 3.63) is 120 Å². The number of nitrogens with one attached hydrogen (secondary N) is 2. The van der Waals surface area contributed by atoms with Crippen molar-refractivity contribution in [1.82, 2.24) is 0 Å². The molecule has 0 aromatic heterocycles. The molecule has 0 spiro atoms. The monoisotopic (exact) mass is 486 g/mol. The average Bonchev–Trinajstić information content (AvgIpc) is 2.88. The summed E-state index contributed by atoms with van der Waals surface area (Å²) in [6.07, 6.45) is 0. The number of rotatable bonds is 8. The van der Waals surface area contributed by atoms with Crippen LogP contribution < -0.4 is 15.4 Å². The minimum Gasteiger partial charge on any atom is -0.497 e. The fraction of sp³-hybridized carbons (Fsp3) is 0.0714. The van der Waals surface area contributed by atoms with E-state index in [-0.39, 0.29) is 11.5 Å². The van der Waals surface area contributed by atoms with Crippen molar-refractivity contribution in [2.45, 2.75) is 10.1 Å². The van der Waals surface area contributed by atoms with Gasteiger partial charge in [-0.3, -0.25) is 9.59 Å². The smallest absolute Gasteiger partial charge is 0.258 e. The topological polar surface area (TPSA) is 67.4 Å². The first kappa shape index (κ1) is 24.0. The summed E-state index contributed by atoms with van der Waals surface area (Å²) in [4.78, 5) is 26.6. The zero-order valence-corrected chi connectivity index (χ0v) is 19.7. The van der Waals surface area contributed by atoms with Crippen molar-refractivity contribution in [2.24, 2.45) is 0 Å². The molecular formula is C28H23FN2O3S. The Labute approximate surface area is 207 Å². The Morgan fingerprint density at radius 2 is 1.51 bits per heavy atom. The lowest BCUT2D eigenvalue weighted by atomic mass is 10.1. The number of thioether (sulfide) groups is 1. The second kappa shape index (κ2) is 11.4. The number of anilines is 2. The van der Waals surface area contributed by atoms with E-state index in [0.29, 0.717) is 17.1 Å². The quantitative estimate of drug-likeness (QED) is 0.277. The maximum atomic E-state index is 14.0. The molecule has 0 aliphatic carbocycles. The zero-order valence-electron chi connectivity index (χ0n) is 18.9. The largest absolute Gasteiger partial charge is 0.497 e. The molecule has 0 radical (unpaired) electrons. The van der Waals surface area contributed by atoms with Crippen LogP contribution in [0, 0.1) is 5.82 Å². The SMILES string of the molecule is COc1ccc(NC(=O)C(Sc2cccc(NC(=O)c3ccccc3F)c2)c2ccccc2)cc1. The molecule has 1 atom stereocenters.